The second-order valence-electron chi connectivity index (χ2n) is 3.01. The van der Waals surface area contributed by atoms with Crippen molar-refractivity contribution in [2.75, 3.05) is 0 Å². The van der Waals surface area contributed by atoms with E-state index in [1.54, 1.807) is 18.2 Å². The Morgan fingerprint density at radius 3 is 2.00 bits per heavy atom. The Balaban J connectivity index is -0.000000206. The molecule has 6 heteroatoms. The number of nitriles is 1. The molecule has 4 radical (unpaired) electrons. The molecule has 114 valence electrons. The fraction of sp³-hybridized carbons (Fsp3) is 0.125. The summed E-state index contributed by atoms with van der Waals surface area (Å²) in [5.41, 5.74) is 0. The Hall–Kier alpha value is -1.20. The van der Waals surface area contributed by atoms with Gasteiger partial charge in [-0.25, -0.2) is 0 Å². The average molecular weight is 355 g/mol. The maximum Gasteiger partial charge on any atom is 0 e. The fourth-order valence-corrected chi connectivity index (χ4v) is 1.99. The van der Waals surface area contributed by atoms with Gasteiger partial charge in [0.2, 0.25) is 0 Å². The standard InChI is InChI=1S/C13H13NS.3CO.Fe/c1-12(8-4-3-7-11-14)15-13-9-5-2-6-10-13;3*1-2;/h2-10,12H,1H3;;;;/t12-;;;;/m0..../s1. The molecule has 0 bridgehead atoms. The maximum atomic E-state index is 8.29. The minimum Gasteiger partial charge on any atom is 0 e. The van der Waals surface area contributed by atoms with Crippen LogP contribution in [0.5, 0.6) is 0 Å². The number of benzene rings is 1. The SMILES string of the molecule is C[C@@H]([CH][CH][CH][CH]C#N)Sc1ccccc1.[C-]#[O+].[C-]#[O+].[C-]#[O+].[Fe]. The van der Waals surface area contributed by atoms with Crippen LogP contribution in [0.4, 0.5) is 0 Å². The van der Waals surface area contributed by atoms with Gasteiger partial charge in [0, 0.05) is 27.2 Å². The van der Waals surface area contributed by atoms with Crippen molar-refractivity contribution in [2.24, 2.45) is 0 Å². The summed E-state index contributed by atoms with van der Waals surface area (Å²) in [6.45, 7) is 15.6. The maximum absolute atomic E-state index is 8.29. The van der Waals surface area contributed by atoms with E-state index in [1.807, 2.05) is 30.7 Å². The van der Waals surface area contributed by atoms with E-state index in [0.29, 0.717) is 5.25 Å². The zero-order valence-electron chi connectivity index (χ0n) is 11.7. The molecule has 0 aliphatic rings. The molecule has 0 spiro atoms. The zero-order valence-corrected chi connectivity index (χ0v) is 13.6. The van der Waals surface area contributed by atoms with Crippen molar-refractivity contribution in [3.05, 3.63) is 76.0 Å². The number of hydrogen-bond acceptors (Lipinski definition) is 2. The Kier molecular flexibility index (Phi) is 36.8. The predicted molar refractivity (Wildman–Crippen MR) is 76.4 cm³/mol. The number of nitrogens with zero attached hydrogens (tertiary/aromatic N) is 1. The molecule has 1 aromatic rings. The molecule has 0 aromatic heterocycles. The summed E-state index contributed by atoms with van der Waals surface area (Å²) in [6, 6.07) is 12.2. The van der Waals surface area contributed by atoms with Crippen LogP contribution in [-0.4, -0.2) is 5.25 Å². The van der Waals surface area contributed by atoms with E-state index in [1.165, 1.54) is 11.3 Å². The Bertz CT molecular complexity index is 412. The third kappa shape index (κ3) is 21.1. The third-order valence-electron chi connectivity index (χ3n) is 1.73. The molecule has 22 heavy (non-hydrogen) atoms. The Morgan fingerprint density at radius 1 is 1.05 bits per heavy atom. The van der Waals surface area contributed by atoms with Crippen molar-refractivity contribution >= 4 is 11.8 Å². The molecule has 0 saturated carbocycles. The first kappa shape index (κ1) is 28.9. The van der Waals surface area contributed by atoms with Crippen LogP contribution in [0.2, 0.25) is 0 Å². The van der Waals surface area contributed by atoms with Crippen molar-refractivity contribution in [3.63, 3.8) is 0 Å². The number of unbranched alkanes of at least 4 members (excludes halogenated alkanes) is 2. The molecule has 4 nitrogen and oxygen atoms in total. The van der Waals surface area contributed by atoms with Gasteiger partial charge in [-0.3, -0.25) is 0 Å². The third-order valence-corrected chi connectivity index (χ3v) is 2.80. The van der Waals surface area contributed by atoms with Crippen LogP contribution in [0.15, 0.2) is 35.2 Å². The number of hydrogen-bond donors (Lipinski definition) is 0. The predicted octanol–water partition coefficient (Wildman–Crippen LogP) is 3.39. The first-order chi connectivity index (χ1) is 10.3. The van der Waals surface area contributed by atoms with Crippen LogP contribution in [0.1, 0.15) is 6.92 Å². The van der Waals surface area contributed by atoms with Crippen LogP contribution in [0, 0.1) is 57.0 Å². The van der Waals surface area contributed by atoms with Crippen LogP contribution < -0.4 is 0 Å². The summed E-state index contributed by atoms with van der Waals surface area (Å²) in [4.78, 5) is 1.26. The molecule has 0 N–H and O–H groups in total. The van der Waals surface area contributed by atoms with Gasteiger partial charge < -0.3 is 0 Å². The molecule has 0 unspecified atom stereocenters. The van der Waals surface area contributed by atoms with Gasteiger partial charge in [0.05, 0.1) is 12.5 Å². The minimum atomic E-state index is 0. The smallest absolute Gasteiger partial charge is 0 e. The molecule has 1 rings (SSSR count). The molecule has 0 saturated heterocycles. The molecule has 0 fully saturated rings. The van der Waals surface area contributed by atoms with Gasteiger partial charge in [-0.1, -0.05) is 25.1 Å². The van der Waals surface area contributed by atoms with E-state index < -0.39 is 0 Å². The molecule has 1 atom stereocenters. The normalized spacial score (nSPS) is 8.45. The van der Waals surface area contributed by atoms with E-state index in [0.717, 1.165) is 0 Å². The van der Waals surface area contributed by atoms with Crippen molar-refractivity contribution < 1.29 is 31.0 Å². The van der Waals surface area contributed by atoms with Gasteiger partial charge in [-0.15, -0.1) is 11.8 Å². The van der Waals surface area contributed by atoms with Crippen LogP contribution >= 0.6 is 11.8 Å². The summed E-state index contributed by atoms with van der Waals surface area (Å²) in [7, 11) is 0. The molecule has 0 aliphatic carbocycles. The molecular weight excluding hydrogens is 342 g/mol. The monoisotopic (exact) mass is 355 g/mol. The average Bonchev–Trinajstić information content (AvgIpc) is 2.58. The topological polar surface area (TPSA) is 83.5 Å². The summed E-state index contributed by atoms with van der Waals surface area (Å²) in [6.07, 6.45) is 7.20. The summed E-state index contributed by atoms with van der Waals surface area (Å²) < 4.78 is 22.5. The van der Waals surface area contributed by atoms with Crippen LogP contribution in [0.3, 0.4) is 0 Å². The van der Waals surface area contributed by atoms with Gasteiger partial charge >= 0.3 is 33.9 Å². The van der Waals surface area contributed by atoms with Gasteiger partial charge in [0.1, 0.15) is 0 Å². The number of thioether (sulfide) groups is 1. The summed E-state index contributed by atoms with van der Waals surface area (Å²) in [5, 5.41) is 8.70. The molecule has 0 amide bonds. The second-order valence-corrected chi connectivity index (χ2v) is 4.46. The van der Waals surface area contributed by atoms with Gasteiger partial charge in [-0.2, -0.15) is 5.26 Å². The quantitative estimate of drug-likeness (QED) is 0.258. The summed E-state index contributed by atoms with van der Waals surface area (Å²) >= 11 is 1.80. The van der Waals surface area contributed by atoms with Crippen molar-refractivity contribution in [2.45, 2.75) is 17.1 Å². The van der Waals surface area contributed by atoms with Crippen LogP contribution in [0.25, 0.3) is 0 Å². The second kappa shape index (κ2) is 28.0. The van der Waals surface area contributed by atoms with Gasteiger partial charge in [0.25, 0.3) is 0 Å². The van der Waals surface area contributed by atoms with E-state index in [-0.39, 0.29) is 17.1 Å². The van der Waals surface area contributed by atoms with Crippen molar-refractivity contribution in [3.8, 4) is 6.07 Å². The Labute approximate surface area is 147 Å². The van der Waals surface area contributed by atoms with E-state index in [9.17, 15) is 0 Å². The van der Waals surface area contributed by atoms with Crippen molar-refractivity contribution in [1.82, 2.24) is 0 Å². The molecular formula is C16H13FeNO3S. The molecule has 0 aliphatic heterocycles. The van der Waals surface area contributed by atoms with Crippen molar-refractivity contribution in [1.29, 1.82) is 5.26 Å². The largest absolute Gasteiger partial charge is 0 e. The first-order valence-corrected chi connectivity index (χ1v) is 6.27. The van der Waals surface area contributed by atoms with E-state index in [4.69, 9.17) is 19.2 Å². The minimum absolute atomic E-state index is 0. The van der Waals surface area contributed by atoms with Crippen LogP contribution in [-0.2, 0) is 31.0 Å². The first-order valence-electron chi connectivity index (χ1n) is 5.39. The fourth-order valence-electron chi connectivity index (χ4n) is 1.07. The molecule has 1 aromatic carbocycles. The van der Waals surface area contributed by atoms with Gasteiger partial charge in [0.15, 0.2) is 0 Å². The molecule has 0 heterocycles. The summed E-state index contributed by atoms with van der Waals surface area (Å²) in [5.74, 6) is 0. The Morgan fingerprint density at radius 2 is 1.55 bits per heavy atom. The van der Waals surface area contributed by atoms with E-state index in [2.05, 4.69) is 45.4 Å². The zero-order chi connectivity index (χ0) is 16.9. The van der Waals surface area contributed by atoms with E-state index >= 15 is 0 Å². The van der Waals surface area contributed by atoms with Gasteiger partial charge in [-0.05, 0) is 31.4 Å². The number of rotatable bonds is 6.